The number of nitrogens with zero attached hydrogens (tertiary/aromatic N) is 1. The molecule has 1 amide bonds. The Morgan fingerprint density at radius 2 is 2.10 bits per heavy atom. The summed E-state index contributed by atoms with van der Waals surface area (Å²) in [5.74, 6) is 0.487. The topological polar surface area (TPSA) is 71.0 Å². The van der Waals surface area contributed by atoms with E-state index in [2.05, 4.69) is 5.32 Å². The summed E-state index contributed by atoms with van der Waals surface area (Å²) in [5, 5.41) is 12.5. The smallest absolute Gasteiger partial charge is 0.236 e. The first-order valence-electron chi connectivity index (χ1n) is 6.38. The summed E-state index contributed by atoms with van der Waals surface area (Å²) in [6.07, 6.45) is 0. The Kier molecular flexibility index (Phi) is 9.53. The van der Waals surface area contributed by atoms with Crippen molar-refractivity contribution < 1.29 is 19.4 Å². The number of nitrogens with one attached hydrogen (secondary N) is 1. The summed E-state index contributed by atoms with van der Waals surface area (Å²) in [7, 11) is 4.85. The van der Waals surface area contributed by atoms with Crippen LogP contribution in [0.25, 0.3) is 0 Å². The molecular weight excluding hydrogens is 296 g/mol. The van der Waals surface area contributed by atoms with E-state index in [1.54, 1.807) is 37.3 Å². The molecule has 0 aromatic heterocycles. The normalized spacial score (nSPS) is 9.86. The van der Waals surface area contributed by atoms with Crippen LogP contribution in [0.2, 0.25) is 0 Å². The second kappa shape index (κ2) is 10.3. The van der Waals surface area contributed by atoms with Gasteiger partial charge in [-0.2, -0.15) is 0 Å². The fourth-order valence-corrected chi connectivity index (χ4v) is 1.69. The highest BCUT2D eigenvalue weighted by molar-refractivity contribution is 5.85. The summed E-state index contributed by atoms with van der Waals surface area (Å²) < 4.78 is 9.93. The van der Waals surface area contributed by atoms with Gasteiger partial charge in [0.25, 0.3) is 0 Å². The van der Waals surface area contributed by atoms with E-state index in [-0.39, 0.29) is 30.6 Å². The lowest BCUT2D eigenvalue weighted by Crippen LogP contribution is -2.36. The van der Waals surface area contributed by atoms with Gasteiger partial charge in [0.05, 0.1) is 20.3 Å². The number of aromatic hydroxyl groups is 1. The molecule has 1 aromatic rings. The molecule has 7 heteroatoms. The number of halogens is 1. The van der Waals surface area contributed by atoms with E-state index < -0.39 is 0 Å². The molecule has 0 unspecified atom stereocenters. The van der Waals surface area contributed by atoms with Crippen molar-refractivity contribution in [1.29, 1.82) is 0 Å². The maximum atomic E-state index is 11.9. The highest BCUT2D eigenvalue weighted by Crippen LogP contribution is 2.26. The quantitative estimate of drug-likeness (QED) is 0.700. The zero-order valence-electron chi connectivity index (χ0n) is 12.6. The number of hydrogen-bond acceptors (Lipinski definition) is 5. The van der Waals surface area contributed by atoms with E-state index in [0.717, 1.165) is 5.56 Å². The molecular formula is C14H23ClN2O4. The lowest BCUT2D eigenvalue weighted by atomic mass is 10.2. The van der Waals surface area contributed by atoms with Crippen molar-refractivity contribution in [2.75, 3.05) is 41.0 Å². The zero-order valence-corrected chi connectivity index (χ0v) is 13.4. The predicted molar refractivity (Wildman–Crippen MR) is 83.1 cm³/mol. The fourth-order valence-electron chi connectivity index (χ4n) is 1.69. The molecule has 21 heavy (non-hydrogen) atoms. The van der Waals surface area contributed by atoms with E-state index in [1.165, 1.54) is 7.11 Å². The van der Waals surface area contributed by atoms with Crippen LogP contribution in [0, 0.1) is 0 Å². The first-order chi connectivity index (χ1) is 9.58. The van der Waals surface area contributed by atoms with E-state index in [1.807, 2.05) is 0 Å². The van der Waals surface area contributed by atoms with Crippen molar-refractivity contribution in [3.05, 3.63) is 23.8 Å². The lowest BCUT2D eigenvalue weighted by Gasteiger charge is -2.18. The highest BCUT2D eigenvalue weighted by atomic mass is 35.5. The molecule has 6 nitrogen and oxygen atoms in total. The van der Waals surface area contributed by atoms with Crippen molar-refractivity contribution in [2.24, 2.45) is 0 Å². The molecule has 0 saturated heterocycles. The average Bonchev–Trinajstić information content (AvgIpc) is 2.45. The first-order valence-corrected chi connectivity index (χ1v) is 6.38. The number of carbonyl (C=O) groups excluding carboxylic acids is 1. The number of phenols is 1. The predicted octanol–water partition coefficient (Wildman–Crippen LogP) is 1.02. The van der Waals surface area contributed by atoms with Crippen LogP contribution < -0.4 is 10.1 Å². The fraction of sp³-hybridized carbons (Fsp3) is 0.500. The molecule has 0 fully saturated rings. The van der Waals surface area contributed by atoms with Crippen LogP contribution in [0.15, 0.2) is 18.2 Å². The van der Waals surface area contributed by atoms with Crippen LogP contribution in [0.5, 0.6) is 11.5 Å². The molecule has 1 aromatic carbocycles. The molecule has 0 spiro atoms. The van der Waals surface area contributed by atoms with Gasteiger partial charge in [-0.15, -0.1) is 12.4 Å². The molecule has 2 N–H and O–H groups in total. The molecule has 0 bridgehead atoms. The van der Waals surface area contributed by atoms with Crippen LogP contribution in [0.4, 0.5) is 0 Å². The van der Waals surface area contributed by atoms with Gasteiger partial charge in [0.1, 0.15) is 0 Å². The van der Waals surface area contributed by atoms with Gasteiger partial charge in [0.2, 0.25) is 5.91 Å². The molecule has 0 aliphatic rings. The number of amides is 1. The molecule has 0 radical (unpaired) electrons. The maximum absolute atomic E-state index is 11.9. The summed E-state index contributed by atoms with van der Waals surface area (Å²) in [6, 6.07) is 5.04. The largest absolute Gasteiger partial charge is 0.504 e. The Labute approximate surface area is 131 Å². The number of benzene rings is 1. The number of phenolic OH excluding ortho intramolecular Hbond substituents is 1. The lowest BCUT2D eigenvalue weighted by molar-refractivity contribution is -0.129. The number of ether oxygens (including phenoxy) is 2. The summed E-state index contributed by atoms with van der Waals surface area (Å²) >= 11 is 0. The Bertz CT molecular complexity index is 443. The van der Waals surface area contributed by atoms with Gasteiger partial charge in [-0.3, -0.25) is 4.79 Å². The van der Waals surface area contributed by atoms with Crippen molar-refractivity contribution in [1.82, 2.24) is 10.2 Å². The highest BCUT2D eigenvalue weighted by Gasteiger charge is 2.10. The SMILES string of the molecule is COCCNCC(=O)N(C)Cc1ccc(O)c(OC)c1.Cl. The molecule has 0 saturated carbocycles. The number of hydrogen-bond donors (Lipinski definition) is 2. The van der Waals surface area contributed by atoms with Crippen molar-refractivity contribution in [3.8, 4) is 11.5 Å². The van der Waals surface area contributed by atoms with E-state index >= 15 is 0 Å². The Hall–Kier alpha value is -1.50. The van der Waals surface area contributed by atoms with Gasteiger partial charge in [0, 0.05) is 27.2 Å². The van der Waals surface area contributed by atoms with Crippen LogP contribution in [0.3, 0.4) is 0 Å². The van der Waals surface area contributed by atoms with Crippen molar-refractivity contribution in [3.63, 3.8) is 0 Å². The van der Waals surface area contributed by atoms with E-state index in [4.69, 9.17) is 9.47 Å². The van der Waals surface area contributed by atoms with Crippen LogP contribution >= 0.6 is 12.4 Å². The summed E-state index contributed by atoms with van der Waals surface area (Å²) in [4.78, 5) is 13.5. The minimum Gasteiger partial charge on any atom is -0.504 e. The van der Waals surface area contributed by atoms with Crippen LogP contribution in [-0.2, 0) is 16.1 Å². The van der Waals surface area contributed by atoms with Crippen LogP contribution in [0.1, 0.15) is 5.56 Å². The van der Waals surface area contributed by atoms with Gasteiger partial charge in [0.15, 0.2) is 11.5 Å². The van der Waals surface area contributed by atoms with Gasteiger partial charge < -0.3 is 24.8 Å². The number of methoxy groups -OCH3 is 2. The molecule has 0 aliphatic heterocycles. The standard InChI is InChI=1S/C14H22N2O4.ClH/c1-16(14(18)9-15-6-7-19-2)10-11-4-5-12(17)13(8-11)20-3;/h4-5,8,15,17H,6-7,9-10H2,1-3H3;1H. The third-order valence-electron chi connectivity index (χ3n) is 2.85. The maximum Gasteiger partial charge on any atom is 0.236 e. The minimum atomic E-state index is -0.00635. The van der Waals surface area contributed by atoms with Gasteiger partial charge >= 0.3 is 0 Å². The first kappa shape index (κ1) is 19.5. The molecule has 1 rings (SSSR count). The number of carbonyl (C=O) groups is 1. The zero-order chi connectivity index (χ0) is 15.0. The molecule has 0 aliphatic carbocycles. The van der Waals surface area contributed by atoms with Gasteiger partial charge in [-0.05, 0) is 17.7 Å². The van der Waals surface area contributed by atoms with E-state index in [9.17, 15) is 9.90 Å². The number of rotatable bonds is 8. The second-order valence-corrected chi connectivity index (χ2v) is 4.43. The molecule has 0 atom stereocenters. The average molecular weight is 319 g/mol. The summed E-state index contributed by atoms with van der Waals surface area (Å²) in [5.41, 5.74) is 0.896. The second-order valence-electron chi connectivity index (χ2n) is 4.43. The third-order valence-corrected chi connectivity index (χ3v) is 2.85. The number of likely N-dealkylation sites (N-methyl/N-ethyl adjacent to an activating group) is 1. The van der Waals surface area contributed by atoms with Gasteiger partial charge in [-0.1, -0.05) is 6.07 Å². The Balaban J connectivity index is 0.00000400. The van der Waals surface area contributed by atoms with Gasteiger partial charge in [-0.25, -0.2) is 0 Å². The Morgan fingerprint density at radius 1 is 1.38 bits per heavy atom. The minimum absolute atomic E-state index is 0. The molecule has 120 valence electrons. The van der Waals surface area contributed by atoms with Crippen molar-refractivity contribution >= 4 is 18.3 Å². The van der Waals surface area contributed by atoms with E-state index in [0.29, 0.717) is 25.4 Å². The van der Waals surface area contributed by atoms with Crippen molar-refractivity contribution in [2.45, 2.75) is 6.54 Å². The third kappa shape index (κ3) is 6.66. The Morgan fingerprint density at radius 3 is 2.71 bits per heavy atom. The molecule has 0 heterocycles. The summed E-state index contributed by atoms with van der Waals surface area (Å²) in [6.45, 7) is 1.95. The van der Waals surface area contributed by atoms with Crippen LogP contribution in [-0.4, -0.2) is 56.9 Å². The monoisotopic (exact) mass is 318 g/mol.